The third-order valence-electron chi connectivity index (χ3n) is 8.17. The van der Waals surface area contributed by atoms with Gasteiger partial charge in [-0.1, -0.05) is 88.6 Å². The van der Waals surface area contributed by atoms with Gasteiger partial charge in [0.05, 0.1) is 11.6 Å². The molecule has 0 amide bonds. The quantitative estimate of drug-likeness (QED) is 0.207. The highest BCUT2D eigenvalue weighted by Gasteiger charge is 2.44. The lowest BCUT2D eigenvalue weighted by atomic mass is 9.34. The monoisotopic (exact) mass is 440 g/mol. The Morgan fingerprint density at radius 2 is 1.70 bits per heavy atom. The van der Waals surface area contributed by atoms with E-state index in [4.69, 9.17) is 0 Å². The third kappa shape index (κ3) is 4.49. The van der Waals surface area contributed by atoms with E-state index in [0.717, 1.165) is 25.0 Å². The molecule has 4 heteroatoms. The predicted molar refractivity (Wildman–Crippen MR) is 137 cm³/mol. The highest BCUT2D eigenvalue weighted by Crippen LogP contribution is 2.48. The van der Waals surface area contributed by atoms with Crippen molar-refractivity contribution in [2.75, 3.05) is 0 Å². The fraction of sp³-hybridized carbons (Fsp3) is 0.483. The molecule has 1 unspecified atom stereocenters. The van der Waals surface area contributed by atoms with Gasteiger partial charge >= 0.3 is 0 Å². The molecule has 2 saturated heterocycles. The predicted octanol–water partition coefficient (Wildman–Crippen LogP) is 7.71. The zero-order valence-electron chi connectivity index (χ0n) is 20.0. The second-order valence-corrected chi connectivity index (χ2v) is 10.2. The molecule has 0 radical (unpaired) electrons. The Hall–Kier alpha value is -2.49. The number of aromatic nitrogens is 2. The Kier molecular flexibility index (Phi) is 6.89. The molecule has 3 aromatic rings. The number of carbonyl (C=O) groups excluding carboxylic acids is 1. The van der Waals surface area contributed by atoms with Crippen molar-refractivity contribution < 1.29 is 4.79 Å². The van der Waals surface area contributed by atoms with Crippen LogP contribution < -0.4 is 0 Å². The highest BCUT2D eigenvalue weighted by molar-refractivity contribution is 6.61. The number of benzene rings is 1. The van der Waals surface area contributed by atoms with Crippen LogP contribution in [-0.4, -0.2) is 22.1 Å². The van der Waals surface area contributed by atoms with Crippen LogP contribution in [0.4, 0.5) is 0 Å². The lowest BCUT2D eigenvalue weighted by Gasteiger charge is -2.42. The average Bonchev–Trinajstić information content (AvgIpc) is 3.51. The summed E-state index contributed by atoms with van der Waals surface area (Å²) in [5.74, 6) is 1.84. The number of rotatable bonds is 9. The summed E-state index contributed by atoms with van der Waals surface area (Å²) in [6, 6.07) is 19.5. The summed E-state index contributed by atoms with van der Waals surface area (Å²) < 4.78 is 2.54. The standard InChI is InChI=1S/C29H37BN2O/c1-2-3-5-18-28(33)26-19-20-27(32(26)30-23-13-8-14-24(30)16-9-15-23)29(25-17-10-21-31-25)22-11-6-4-7-12-22/h4,6-7,10-12,17,19-21,23-24,29,31H,2-3,5,8-9,13-16,18H2,1H3. The van der Waals surface area contributed by atoms with E-state index in [9.17, 15) is 4.79 Å². The number of nitrogens with zero attached hydrogens (tertiary/aromatic N) is 1. The van der Waals surface area contributed by atoms with Crippen LogP contribution in [0.5, 0.6) is 0 Å². The largest absolute Gasteiger partial charge is 0.385 e. The van der Waals surface area contributed by atoms with Gasteiger partial charge in [0.25, 0.3) is 6.85 Å². The summed E-state index contributed by atoms with van der Waals surface area (Å²) in [7, 11) is 0. The Labute approximate surface area is 199 Å². The van der Waals surface area contributed by atoms with Gasteiger partial charge in [0.1, 0.15) is 0 Å². The summed E-state index contributed by atoms with van der Waals surface area (Å²) >= 11 is 0. The van der Waals surface area contributed by atoms with E-state index in [1.165, 1.54) is 55.5 Å². The first-order valence-corrected chi connectivity index (χ1v) is 13.2. The van der Waals surface area contributed by atoms with Crippen molar-refractivity contribution in [1.29, 1.82) is 0 Å². The molecule has 3 nitrogen and oxygen atoms in total. The number of hydrogen-bond donors (Lipinski definition) is 1. The molecule has 33 heavy (non-hydrogen) atoms. The SMILES string of the molecule is CCCCCC(=O)c1ccc(C(c2ccccc2)c2ccc[nH]2)n1B1C2CCCC1CCC2. The number of ketones is 1. The normalized spacial score (nSPS) is 21.2. The number of nitrogens with one attached hydrogen (secondary N) is 1. The fourth-order valence-corrected chi connectivity index (χ4v) is 6.66. The first-order chi connectivity index (χ1) is 16.3. The molecule has 0 spiro atoms. The summed E-state index contributed by atoms with van der Waals surface area (Å²) in [5, 5.41) is 0. The summed E-state index contributed by atoms with van der Waals surface area (Å²) in [4.78, 5) is 17.0. The molecule has 2 aliphatic heterocycles. The van der Waals surface area contributed by atoms with E-state index in [2.05, 4.69) is 71.0 Å². The molecule has 5 rings (SSSR count). The van der Waals surface area contributed by atoms with Gasteiger partial charge in [-0.2, -0.15) is 0 Å². The highest BCUT2D eigenvalue weighted by atomic mass is 16.1. The van der Waals surface area contributed by atoms with Gasteiger partial charge < -0.3 is 9.46 Å². The summed E-state index contributed by atoms with van der Waals surface area (Å²) in [5.41, 5.74) is 4.72. The molecule has 1 atom stereocenters. The van der Waals surface area contributed by atoms with Gasteiger partial charge in [0.15, 0.2) is 5.78 Å². The number of fused-ring (bicyclic) bond motifs is 2. The Bertz CT molecular complexity index is 1020. The lowest BCUT2D eigenvalue weighted by Crippen LogP contribution is -2.43. The first kappa shape index (κ1) is 22.3. The van der Waals surface area contributed by atoms with Gasteiger partial charge in [0, 0.05) is 24.0 Å². The molecule has 2 aliphatic rings. The maximum absolute atomic E-state index is 13.5. The van der Waals surface area contributed by atoms with Crippen LogP contribution in [0.3, 0.4) is 0 Å². The van der Waals surface area contributed by atoms with Crippen LogP contribution in [0.25, 0.3) is 0 Å². The van der Waals surface area contributed by atoms with Gasteiger partial charge in [0.2, 0.25) is 0 Å². The zero-order valence-corrected chi connectivity index (χ0v) is 20.0. The minimum Gasteiger partial charge on any atom is -0.385 e. The number of carbonyl (C=O) groups is 1. The molecule has 2 bridgehead atoms. The molecular formula is C29H37BN2O. The zero-order chi connectivity index (χ0) is 22.6. The fourth-order valence-electron chi connectivity index (χ4n) is 6.66. The van der Waals surface area contributed by atoms with E-state index in [1.807, 2.05) is 6.20 Å². The summed E-state index contributed by atoms with van der Waals surface area (Å²) in [6.45, 7) is 2.67. The molecule has 172 valence electrons. The van der Waals surface area contributed by atoms with Crippen LogP contribution in [0.1, 0.15) is 104 Å². The van der Waals surface area contributed by atoms with Crippen LogP contribution in [-0.2, 0) is 0 Å². The molecule has 4 heterocycles. The molecule has 1 aromatic carbocycles. The van der Waals surface area contributed by atoms with Crippen molar-refractivity contribution in [1.82, 2.24) is 9.46 Å². The summed E-state index contributed by atoms with van der Waals surface area (Å²) in [6.07, 6.45) is 13.9. The lowest BCUT2D eigenvalue weighted by molar-refractivity contribution is 0.0973. The number of Topliss-reactive ketones (excluding diaryl/α,β-unsaturated/α-hetero) is 1. The second-order valence-electron chi connectivity index (χ2n) is 10.2. The number of H-pyrrole nitrogens is 1. The van der Waals surface area contributed by atoms with Crippen molar-refractivity contribution >= 4 is 12.6 Å². The van der Waals surface area contributed by atoms with E-state index in [0.29, 0.717) is 30.7 Å². The smallest absolute Gasteiger partial charge is 0.266 e. The third-order valence-corrected chi connectivity index (χ3v) is 8.17. The van der Waals surface area contributed by atoms with Crippen LogP contribution in [0.15, 0.2) is 60.8 Å². The molecular weight excluding hydrogens is 403 g/mol. The van der Waals surface area contributed by atoms with Gasteiger partial charge in [-0.3, -0.25) is 4.79 Å². The number of hydrogen-bond acceptors (Lipinski definition) is 1. The van der Waals surface area contributed by atoms with Crippen molar-refractivity contribution in [3.8, 4) is 0 Å². The molecule has 2 aromatic heterocycles. The molecule has 2 fully saturated rings. The number of unbranched alkanes of at least 4 members (excludes halogenated alkanes) is 2. The minimum absolute atomic E-state index is 0.112. The van der Waals surface area contributed by atoms with Crippen LogP contribution in [0.2, 0.25) is 11.6 Å². The van der Waals surface area contributed by atoms with E-state index < -0.39 is 0 Å². The van der Waals surface area contributed by atoms with Gasteiger partial charge in [-0.15, -0.1) is 0 Å². The Morgan fingerprint density at radius 1 is 0.970 bits per heavy atom. The maximum atomic E-state index is 13.5. The topological polar surface area (TPSA) is 37.8 Å². The average molecular weight is 440 g/mol. The molecule has 0 saturated carbocycles. The molecule has 0 aliphatic carbocycles. The molecule has 1 N–H and O–H groups in total. The first-order valence-electron chi connectivity index (χ1n) is 13.2. The minimum atomic E-state index is 0.112. The van der Waals surface area contributed by atoms with Crippen LogP contribution in [0, 0.1) is 0 Å². The van der Waals surface area contributed by atoms with E-state index in [1.54, 1.807) is 0 Å². The number of aromatic amines is 1. The second kappa shape index (κ2) is 10.2. The van der Waals surface area contributed by atoms with Crippen molar-refractivity contribution in [3.63, 3.8) is 0 Å². The van der Waals surface area contributed by atoms with Crippen molar-refractivity contribution in [2.24, 2.45) is 0 Å². The van der Waals surface area contributed by atoms with Crippen molar-refractivity contribution in [3.05, 3.63) is 83.4 Å². The van der Waals surface area contributed by atoms with Gasteiger partial charge in [-0.25, -0.2) is 0 Å². The maximum Gasteiger partial charge on any atom is 0.266 e. The van der Waals surface area contributed by atoms with Crippen LogP contribution >= 0.6 is 0 Å². The van der Waals surface area contributed by atoms with E-state index >= 15 is 0 Å². The Balaban J connectivity index is 1.63. The van der Waals surface area contributed by atoms with E-state index in [-0.39, 0.29) is 5.92 Å². The Morgan fingerprint density at radius 3 is 2.33 bits per heavy atom. The van der Waals surface area contributed by atoms with Crippen molar-refractivity contribution in [2.45, 2.75) is 88.7 Å². The van der Waals surface area contributed by atoms with Gasteiger partial charge in [-0.05, 0) is 47.9 Å².